The lowest BCUT2D eigenvalue weighted by molar-refractivity contribution is -0.385. The molecule has 192 valence electrons. The molecule has 1 aromatic rings. The fourth-order valence-corrected chi connectivity index (χ4v) is 8.82. The van der Waals surface area contributed by atoms with E-state index < -0.39 is 21.3 Å². The van der Waals surface area contributed by atoms with Crippen LogP contribution < -0.4 is 15.4 Å². The number of nitro groups is 1. The number of hydrogen-bond acceptors (Lipinski definition) is 9. The Morgan fingerprint density at radius 1 is 1.26 bits per heavy atom. The molecule has 1 aliphatic heterocycles. The van der Waals surface area contributed by atoms with Gasteiger partial charge >= 0.3 is 0 Å². The number of primary amides is 1. The fourth-order valence-electron chi connectivity index (χ4n) is 6.99. The maximum Gasteiger partial charge on any atom is 0.287 e. The molecule has 4 aliphatic carbocycles. The van der Waals surface area contributed by atoms with Crippen LogP contribution in [0.3, 0.4) is 0 Å². The molecule has 0 spiro atoms. The zero-order chi connectivity index (χ0) is 25.1. The molecule has 4 saturated carbocycles. The first-order valence-electron chi connectivity index (χ1n) is 12.0. The Morgan fingerprint density at radius 3 is 2.51 bits per heavy atom. The van der Waals surface area contributed by atoms with E-state index in [2.05, 4.69) is 10.3 Å². The summed E-state index contributed by atoms with van der Waals surface area (Å²) in [4.78, 5) is 39.7. The highest BCUT2D eigenvalue weighted by molar-refractivity contribution is 8.23. The van der Waals surface area contributed by atoms with Gasteiger partial charge in [0.25, 0.3) is 5.69 Å². The van der Waals surface area contributed by atoms with Gasteiger partial charge in [0.2, 0.25) is 11.8 Å². The van der Waals surface area contributed by atoms with Crippen LogP contribution in [0.5, 0.6) is 0 Å². The molecule has 0 radical (unpaired) electrons. The predicted octanol–water partition coefficient (Wildman–Crippen LogP) is 2.12. The fraction of sp³-hybridized carbons (Fsp3) is 0.682. The highest BCUT2D eigenvalue weighted by Gasteiger charge is 2.58. The number of amides is 2. The number of nitrogens with one attached hydrogen (secondary N) is 1. The lowest BCUT2D eigenvalue weighted by atomic mass is 9.47. The van der Waals surface area contributed by atoms with Crippen LogP contribution in [0, 0.1) is 39.2 Å². The summed E-state index contributed by atoms with van der Waals surface area (Å²) in [6.45, 7) is 2.33. The number of anilines is 1. The van der Waals surface area contributed by atoms with E-state index in [-0.39, 0.29) is 60.2 Å². The molecule has 1 saturated heterocycles. The molecule has 13 heteroatoms. The zero-order valence-corrected chi connectivity index (χ0v) is 20.4. The second-order valence-corrected chi connectivity index (χ2v) is 12.8. The van der Waals surface area contributed by atoms with Crippen molar-refractivity contribution in [2.24, 2.45) is 34.8 Å². The van der Waals surface area contributed by atoms with Crippen LogP contribution in [0.25, 0.3) is 0 Å². The second kappa shape index (κ2) is 8.57. The number of carbonyl (C=O) groups excluding carboxylic acids is 2. The van der Waals surface area contributed by atoms with E-state index in [4.69, 9.17) is 5.73 Å². The molecule has 2 amide bonds. The lowest BCUT2D eigenvalue weighted by Crippen LogP contribution is -2.63. The highest BCUT2D eigenvalue weighted by atomic mass is 32.3. The predicted molar refractivity (Wildman–Crippen MR) is 129 cm³/mol. The Labute approximate surface area is 205 Å². The van der Waals surface area contributed by atoms with Crippen molar-refractivity contribution < 1.29 is 23.6 Å². The van der Waals surface area contributed by atoms with Crippen LogP contribution >= 0.6 is 11.0 Å². The minimum absolute atomic E-state index is 0.00341. The number of nitrogens with two attached hydrogens (primary N) is 1. The number of pyridine rings is 1. The monoisotopic (exact) mass is 508 g/mol. The summed E-state index contributed by atoms with van der Waals surface area (Å²) in [6.07, 6.45) is 5.30. The number of aromatic nitrogens is 1. The maximum absolute atomic E-state index is 13.1. The van der Waals surface area contributed by atoms with E-state index in [1.165, 1.54) is 20.7 Å². The van der Waals surface area contributed by atoms with Crippen LogP contribution in [-0.2, 0) is 9.59 Å². The van der Waals surface area contributed by atoms with Gasteiger partial charge in [0.05, 0.1) is 11.5 Å². The van der Waals surface area contributed by atoms with Crippen LogP contribution in [-0.4, -0.2) is 60.8 Å². The third kappa shape index (κ3) is 4.24. The normalized spacial score (nSPS) is 36.5. The van der Waals surface area contributed by atoms with E-state index >= 15 is 0 Å². The molecule has 1 aromatic heterocycles. The molecule has 5 aliphatic rings. The average molecular weight is 509 g/mol. The van der Waals surface area contributed by atoms with Gasteiger partial charge in [0.1, 0.15) is 12.0 Å². The van der Waals surface area contributed by atoms with Gasteiger partial charge in [0, 0.05) is 30.6 Å². The topological polar surface area (TPSA) is 175 Å². The van der Waals surface area contributed by atoms with Gasteiger partial charge in [-0.3, -0.25) is 28.8 Å². The number of nitrogens with zero attached hydrogens (tertiary/aromatic N) is 4. The minimum Gasteiger partial charge on any atom is -0.369 e. The molecule has 35 heavy (non-hydrogen) atoms. The van der Waals surface area contributed by atoms with Gasteiger partial charge in [-0.05, 0) is 72.8 Å². The van der Waals surface area contributed by atoms with Crippen molar-refractivity contribution in [2.45, 2.75) is 45.1 Å². The molecule has 5 fully saturated rings. The van der Waals surface area contributed by atoms with Crippen LogP contribution in [0.4, 0.5) is 11.5 Å². The van der Waals surface area contributed by atoms with Gasteiger partial charge in [-0.25, -0.2) is 9.29 Å². The lowest BCUT2D eigenvalue weighted by Gasteiger charge is -2.59. The molecule has 5 N–H and O–H groups in total. The van der Waals surface area contributed by atoms with E-state index in [0.717, 1.165) is 25.5 Å². The summed E-state index contributed by atoms with van der Waals surface area (Å²) in [5.41, 5.74) is 5.13. The highest BCUT2D eigenvalue weighted by Crippen LogP contribution is 2.60. The van der Waals surface area contributed by atoms with Crippen molar-refractivity contribution in [1.82, 2.24) is 14.6 Å². The quantitative estimate of drug-likeness (QED) is 0.331. The maximum atomic E-state index is 13.1. The Morgan fingerprint density at radius 2 is 1.94 bits per heavy atom. The summed E-state index contributed by atoms with van der Waals surface area (Å²) in [5, 5.41) is 14.1. The number of carbonyl (C=O) groups is 2. The van der Waals surface area contributed by atoms with Crippen LogP contribution in [0.1, 0.15) is 39.0 Å². The summed E-state index contributed by atoms with van der Waals surface area (Å²) in [6, 6.07) is 2.61. The third-order valence-corrected chi connectivity index (χ3v) is 10.2. The molecule has 3 unspecified atom stereocenters. The van der Waals surface area contributed by atoms with Crippen molar-refractivity contribution in [3.8, 4) is 0 Å². The minimum atomic E-state index is -3.55. The van der Waals surface area contributed by atoms with E-state index in [1.54, 1.807) is 0 Å². The van der Waals surface area contributed by atoms with Crippen molar-refractivity contribution in [3.63, 3.8) is 0 Å². The first kappa shape index (κ1) is 24.2. The smallest absolute Gasteiger partial charge is 0.287 e. The SMILES string of the molecule is CC1CN(CC(=O)NC2C3CC4CC2CC(C(N)=O)(C4)C3)S(O)(O)N(c2ccc([N+](=O)[O-])cn2)C1. The third-order valence-electron chi connectivity index (χ3n) is 8.28. The molecule has 0 aromatic carbocycles. The Kier molecular flexibility index (Phi) is 5.93. The first-order chi connectivity index (χ1) is 16.5. The zero-order valence-electron chi connectivity index (χ0n) is 19.6. The van der Waals surface area contributed by atoms with Gasteiger partial charge in [-0.1, -0.05) is 6.92 Å². The summed E-state index contributed by atoms with van der Waals surface area (Å²) >= 11 is 0. The molecular formula is C22H32N6O6S. The van der Waals surface area contributed by atoms with Crippen LogP contribution in [0.15, 0.2) is 18.3 Å². The number of hydrogen-bond donors (Lipinski definition) is 4. The molecule has 2 heterocycles. The van der Waals surface area contributed by atoms with E-state index in [1.807, 2.05) is 6.92 Å². The first-order valence-corrected chi connectivity index (χ1v) is 13.5. The Bertz CT molecular complexity index is 1020. The largest absolute Gasteiger partial charge is 0.369 e. The molecular weight excluding hydrogens is 476 g/mol. The number of rotatable bonds is 6. The van der Waals surface area contributed by atoms with Gasteiger partial charge in [0.15, 0.2) is 0 Å². The Hall–Kier alpha value is -2.48. The Balaban J connectivity index is 1.27. The molecule has 3 atom stereocenters. The van der Waals surface area contributed by atoms with Crippen molar-refractivity contribution >= 4 is 34.3 Å². The van der Waals surface area contributed by atoms with Gasteiger partial charge in [-0.15, -0.1) is 0 Å². The van der Waals surface area contributed by atoms with E-state index in [9.17, 15) is 28.8 Å². The summed E-state index contributed by atoms with van der Waals surface area (Å²) in [5.74, 6) is 0.574. The van der Waals surface area contributed by atoms with Gasteiger partial charge in [-0.2, -0.15) is 4.31 Å². The molecule has 4 bridgehead atoms. The standard InChI is InChI=1S/C22H32N6O6S/c1-13-10-26(35(33,34)27(11-13)18-3-2-17(9-24-18)28(31)32)12-19(29)25-20-15-4-14-5-16(20)8-22(6-14,7-15)21(23)30/h2-3,9,13-16,20,33-34H,4-8,10-12H2,1H3,(H2,23,30)(H,25,29). The van der Waals surface area contributed by atoms with E-state index in [0.29, 0.717) is 25.3 Å². The van der Waals surface area contributed by atoms with Crippen molar-refractivity contribution in [2.75, 3.05) is 23.9 Å². The van der Waals surface area contributed by atoms with Gasteiger partial charge < -0.3 is 11.1 Å². The summed E-state index contributed by atoms with van der Waals surface area (Å²) in [7, 11) is -3.55. The summed E-state index contributed by atoms with van der Waals surface area (Å²) < 4.78 is 24.8. The van der Waals surface area contributed by atoms with Crippen molar-refractivity contribution in [3.05, 3.63) is 28.4 Å². The average Bonchev–Trinajstić information content (AvgIpc) is 2.78. The van der Waals surface area contributed by atoms with Crippen molar-refractivity contribution in [1.29, 1.82) is 0 Å². The molecule has 12 nitrogen and oxygen atoms in total. The second-order valence-electron chi connectivity index (χ2n) is 10.8. The van der Waals surface area contributed by atoms with Crippen LogP contribution in [0.2, 0.25) is 0 Å². The molecule has 6 rings (SSSR count).